The van der Waals surface area contributed by atoms with E-state index in [1.165, 1.54) is 18.2 Å². The van der Waals surface area contributed by atoms with Gasteiger partial charge in [-0.05, 0) is 18.0 Å². The van der Waals surface area contributed by atoms with Crippen LogP contribution in [0.15, 0.2) is 45.4 Å². The predicted molar refractivity (Wildman–Crippen MR) is 43.4 cm³/mol. The number of carbonyl (C=O) groups excluding carboxylic acids is 2. The van der Waals surface area contributed by atoms with Crippen molar-refractivity contribution in [3.63, 3.8) is 0 Å². The molecule has 1 amide bonds. The maximum Gasteiger partial charge on any atom is 1.00 e. The van der Waals surface area contributed by atoms with Crippen LogP contribution in [0.25, 0.3) is 5.73 Å². The Hall–Kier alpha value is -1.04. The minimum absolute atomic E-state index is 0. The van der Waals surface area contributed by atoms with Crippen LogP contribution in [0.1, 0.15) is 0 Å². The SMILES string of the molecule is [NH-]C1=C2C(=O)C=CC=C2C(=O)N=N1.[Na+]. The molecule has 0 bridgehead atoms. The first-order valence-corrected chi connectivity index (χ1v) is 3.55. The first-order chi connectivity index (χ1) is 6.20. The zero-order chi connectivity index (χ0) is 9.42. The standard InChI is InChI=1S/C8H5N3O2.Na/c9-7-6-4(8(13)11-10-7)2-1-3-5(6)12;/h1-3H,(H2,9,12);/q;+1/p-1. The summed E-state index contributed by atoms with van der Waals surface area (Å²) >= 11 is 0. The molecule has 0 aromatic carbocycles. The summed E-state index contributed by atoms with van der Waals surface area (Å²) in [5.41, 5.74) is 7.49. The second kappa shape index (κ2) is 4.00. The zero-order valence-electron chi connectivity index (χ0n) is 7.44. The molecule has 1 heterocycles. The number of azo groups is 1. The maximum atomic E-state index is 11.2. The number of hydrogen-bond acceptors (Lipinski definition) is 3. The number of fused-ring (bicyclic) bond motifs is 1. The van der Waals surface area contributed by atoms with E-state index in [9.17, 15) is 9.59 Å². The van der Waals surface area contributed by atoms with Crippen LogP contribution in [0.3, 0.4) is 0 Å². The first kappa shape index (κ1) is 11.0. The van der Waals surface area contributed by atoms with E-state index in [-0.39, 0.29) is 52.3 Å². The van der Waals surface area contributed by atoms with E-state index in [0.717, 1.165) is 0 Å². The third-order valence-electron chi connectivity index (χ3n) is 1.73. The third kappa shape index (κ3) is 1.61. The summed E-state index contributed by atoms with van der Waals surface area (Å²) in [6, 6.07) is 0. The Bertz CT molecular complexity index is 432. The molecule has 2 aliphatic rings. The van der Waals surface area contributed by atoms with Gasteiger partial charge < -0.3 is 10.8 Å². The van der Waals surface area contributed by atoms with Crippen molar-refractivity contribution >= 4 is 11.7 Å². The van der Waals surface area contributed by atoms with Crippen LogP contribution in [-0.2, 0) is 9.59 Å². The Morgan fingerprint density at radius 2 is 1.93 bits per heavy atom. The zero-order valence-corrected chi connectivity index (χ0v) is 9.44. The van der Waals surface area contributed by atoms with Gasteiger partial charge in [0.2, 0.25) is 0 Å². The average Bonchev–Trinajstić information content (AvgIpc) is 2.12. The number of nitrogens with zero attached hydrogens (tertiary/aromatic N) is 2. The van der Waals surface area contributed by atoms with Gasteiger partial charge in [0.25, 0.3) is 5.91 Å². The van der Waals surface area contributed by atoms with E-state index in [0.29, 0.717) is 0 Å². The van der Waals surface area contributed by atoms with E-state index >= 15 is 0 Å². The molecule has 2 rings (SSSR count). The van der Waals surface area contributed by atoms with Crippen molar-refractivity contribution in [3.05, 3.63) is 40.9 Å². The predicted octanol–water partition coefficient (Wildman–Crippen LogP) is -1.69. The molecule has 0 unspecified atom stereocenters. The van der Waals surface area contributed by atoms with Gasteiger partial charge in [-0.1, -0.05) is 6.08 Å². The molecular formula is C8H4N3NaO2. The molecule has 0 aromatic heterocycles. The largest absolute Gasteiger partial charge is 1.00 e. The molecule has 6 heteroatoms. The van der Waals surface area contributed by atoms with Crippen LogP contribution in [0.2, 0.25) is 0 Å². The summed E-state index contributed by atoms with van der Waals surface area (Å²) in [6.45, 7) is 0. The van der Waals surface area contributed by atoms with E-state index in [2.05, 4.69) is 10.2 Å². The van der Waals surface area contributed by atoms with E-state index in [1.807, 2.05) is 0 Å². The molecule has 0 spiro atoms. The molecule has 14 heavy (non-hydrogen) atoms. The quantitative estimate of drug-likeness (QED) is 0.434. The Morgan fingerprint density at radius 1 is 1.21 bits per heavy atom. The molecule has 5 nitrogen and oxygen atoms in total. The summed E-state index contributed by atoms with van der Waals surface area (Å²) in [7, 11) is 0. The summed E-state index contributed by atoms with van der Waals surface area (Å²) in [5.74, 6) is -1.18. The van der Waals surface area contributed by atoms with Gasteiger partial charge in [0.05, 0.1) is 5.57 Å². The monoisotopic (exact) mass is 197 g/mol. The second-order valence-electron chi connectivity index (χ2n) is 2.53. The van der Waals surface area contributed by atoms with Crippen molar-refractivity contribution in [1.82, 2.24) is 0 Å². The molecule has 0 saturated heterocycles. The molecule has 0 saturated carbocycles. The molecule has 0 aromatic rings. The van der Waals surface area contributed by atoms with E-state index in [1.54, 1.807) is 0 Å². The summed E-state index contributed by atoms with van der Waals surface area (Å²) < 4.78 is 0. The molecule has 1 N–H and O–H groups in total. The van der Waals surface area contributed by atoms with Crippen molar-refractivity contribution in [1.29, 1.82) is 0 Å². The molecule has 0 atom stereocenters. The second-order valence-corrected chi connectivity index (χ2v) is 2.53. The van der Waals surface area contributed by atoms with Gasteiger partial charge in [0.1, 0.15) is 0 Å². The Balaban J connectivity index is 0.000000980. The van der Waals surface area contributed by atoms with Crippen molar-refractivity contribution in [2.45, 2.75) is 0 Å². The third-order valence-corrected chi connectivity index (χ3v) is 1.73. The number of amides is 1. The molecule has 0 radical (unpaired) electrons. The van der Waals surface area contributed by atoms with Crippen LogP contribution < -0.4 is 29.6 Å². The smallest absolute Gasteiger partial charge is 0.480 e. The van der Waals surface area contributed by atoms with Crippen LogP contribution in [0.5, 0.6) is 0 Å². The summed E-state index contributed by atoms with van der Waals surface area (Å²) in [4.78, 5) is 22.3. The van der Waals surface area contributed by atoms with Crippen LogP contribution in [0.4, 0.5) is 0 Å². The molecule has 0 fully saturated rings. The Kier molecular flexibility index (Phi) is 3.15. The number of nitrogens with one attached hydrogen (secondary N) is 1. The Morgan fingerprint density at radius 3 is 2.57 bits per heavy atom. The van der Waals surface area contributed by atoms with Gasteiger partial charge in [-0.2, -0.15) is 0 Å². The van der Waals surface area contributed by atoms with Crippen LogP contribution in [-0.4, -0.2) is 11.7 Å². The normalized spacial score (nSPS) is 19.0. The fraction of sp³-hybridized carbons (Fsp3) is 0. The Labute approximate surface area is 102 Å². The number of carbonyl (C=O) groups is 2. The number of ketones is 1. The van der Waals surface area contributed by atoms with Crippen LogP contribution >= 0.6 is 0 Å². The van der Waals surface area contributed by atoms with Crippen LogP contribution in [0, 0.1) is 0 Å². The number of hydrogen-bond donors (Lipinski definition) is 0. The van der Waals surface area contributed by atoms with Gasteiger partial charge in [-0.3, -0.25) is 9.59 Å². The fourth-order valence-corrected chi connectivity index (χ4v) is 1.15. The summed E-state index contributed by atoms with van der Waals surface area (Å²) in [6.07, 6.45) is 4.22. The van der Waals surface area contributed by atoms with Crippen molar-refractivity contribution < 1.29 is 39.1 Å². The minimum atomic E-state index is -0.566. The minimum Gasteiger partial charge on any atom is -0.480 e. The van der Waals surface area contributed by atoms with Gasteiger partial charge >= 0.3 is 29.6 Å². The van der Waals surface area contributed by atoms with Gasteiger partial charge in [-0.25, -0.2) is 5.11 Å². The molecule has 1 aliphatic carbocycles. The average molecular weight is 197 g/mol. The van der Waals surface area contributed by atoms with Crippen molar-refractivity contribution in [2.75, 3.05) is 0 Å². The summed E-state index contributed by atoms with van der Waals surface area (Å²) in [5, 5.41) is 6.49. The molecular weight excluding hydrogens is 193 g/mol. The number of allylic oxidation sites excluding steroid dienone is 3. The number of rotatable bonds is 0. The van der Waals surface area contributed by atoms with Crippen molar-refractivity contribution in [3.8, 4) is 0 Å². The van der Waals surface area contributed by atoms with E-state index in [4.69, 9.17) is 5.73 Å². The fourth-order valence-electron chi connectivity index (χ4n) is 1.15. The topological polar surface area (TPSA) is 82.7 Å². The maximum absolute atomic E-state index is 11.2. The van der Waals surface area contributed by atoms with Gasteiger partial charge in [0.15, 0.2) is 5.78 Å². The van der Waals surface area contributed by atoms with Gasteiger partial charge in [-0.15, -0.1) is 0 Å². The molecule has 64 valence electrons. The first-order valence-electron chi connectivity index (χ1n) is 3.55. The van der Waals surface area contributed by atoms with E-state index < -0.39 is 5.91 Å². The molecule has 1 aliphatic heterocycles. The van der Waals surface area contributed by atoms with Gasteiger partial charge in [0, 0.05) is 5.57 Å². The van der Waals surface area contributed by atoms with Crippen molar-refractivity contribution in [2.24, 2.45) is 10.2 Å².